The predicted molar refractivity (Wildman–Crippen MR) is 120 cm³/mol. The number of fused-ring (bicyclic) bond motifs is 1. The maximum Gasteiger partial charge on any atom is 0.0486 e. The quantitative estimate of drug-likeness (QED) is 0.617. The Morgan fingerprint density at radius 1 is 1.11 bits per heavy atom. The van der Waals surface area contributed by atoms with Crippen LogP contribution in [-0.2, 0) is 0 Å². The Balaban J connectivity index is 1.53. The van der Waals surface area contributed by atoms with Crippen LogP contribution in [0, 0.1) is 5.92 Å². The molecule has 0 radical (unpaired) electrons. The summed E-state index contributed by atoms with van der Waals surface area (Å²) in [5.41, 5.74) is 11.2. The zero-order chi connectivity index (χ0) is 19.1. The molecule has 0 aliphatic carbocycles. The van der Waals surface area contributed by atoms with Crippen molar-refractivity contribution >= 4 is 28.5 Å². The highest BCUT2D eigenvalue weighted by molar-refractivity contribution is 7.97. The van der Waals surface area contributed by atoms with Gasteiger partial charge < -0.3 is 15.6 Å². The summed E-state index contributed by atoms with van der Waals surface area (Å²) in [6.07, 6.45) is 2.49. The van der Waals surface area contributed by atoms with Gasteiger partial charge in [0.05, 0.1) is 0 Å². The Bertz CT molecular complexity index is 943. The first kappa shape index (κ1) is 18.1. The SMILES string of the molecule is CC(N)C1CCN(c2ccc(SN3CCC3)cc2-c2cc3ccccc3[nH]2)C1. The number of anilines is 1. The molecule has 0 spiro atoms. The van der Waals surface area contributed by atoms with Gasteiger partial charge in [0.15, 0.2) is 0 Å². The van der Waals surface area contributed by atoms with E-state index in [0.29, 0.717) is 5.92 Å². The van der Waals surface area contributed by atoms with E-state index in [1.165, 1.54) is 58.7 Å². The number of nitrogens with one attached hydrogen (secondary N) is 1. The van der Waals surface area contributed by atoms with Crippen LogP contribution in [-0.4, -0.2) is 41.5 Å². The fourth-order valence-electron chi connectivity index (χ4n) is 4.24. The highest BCUT2D eigenvalue weighted by atomic mass is 32.2. The lowest BCUT2D eigenvalue weighted by atomic mass is 10.0. The van der Waals surface area contributed by atoms with Gasteiger partial charge in [-0.2, -0.15) is 0 Å². The zero-order valence-corrected chi connectivity index (χ0v) is 17.2. The maximum atomic E-state index is 6.20. The van der Waals surface area contributed by atoms with Crippen molar-refractivity contribution in [2.24, 2.45) is 11.7 Å². The van der Waals surface area contributed by atoms with Crippen molar-refractivity contribution in [2.75, 3.05) is 31.1 Å². The first-order valence-electron chi connectivity index (χ1n) is 10.3. The Hall–Kier alpha value is -1.95. The summed E-state index contributed by atoms with van der Waals surface area (Å²) in [5, 5.41) is 1.26. The van der Waals surface area contributed by atoms with E-state index in [0.717, 1.165) is 13.1 Å². The first-order chi connectivity index (χ1) is 13.7. The van der Waals surface area contributed by atoms with Crippen LogP contribution in [0.3, 0.4) is 0 Å². The van der Waals surface area contributed by atoms with E-state index in [2.05, 4.69) is 69.6 Å². The molecule has 0 amide bonds. The molecule has 2 saturated heterocycles. The second-order valence-electron chi connectivity index (χ2n) is 8.18. The van der Waals surface area contributed by atoms with E-state index in [4.69, 9.17) is 5.73 Å². The Morgan fingerprint density at radius 3 is 2.68 bits per heavy atom. The minimum Gasteiger partial charge on any atom is -0.371 e. The standard InChI is InChI=1S/C23H28N4S/c1-16(24)18-9-12-26(15-18)23-8-7-19(28-27-10-4-11-27)14-20(23)22-13-17-5-2-3-6-21(17)25-22/h2-3,5-8,13-14,16,18,25H,4,9-12,15,24H2,1H3. The molecule has 2 fully saturated rings. The molecule has 2 atom stereocenters. The number of para-hydroxylation sites is 1. The van der Waals surface area contributed by atoms with Gasteiger partial charge in [-0.05, 0) is 68.0 Å². The number of H-pyrrole nitrogens is 1. The highest BCUT2D eigenvalue weighted by Crippen LogP contribution is 2.39. The number of aromatic nitrogens is 1. The number of hydrogen-bond acceptors (Lipinski definition) is 4. The summed E-state index contributed by atoms with van der Waals surface area (Å²) >= 11 is 1.88. The molecule has 4 nitrogen and oxygen atoms in total. The summed E-state index contributed by atoms with van der Waals surface area (Å²) in [7, 11) is 0. The van der Waals surface area contributed by atoms with E-state index < -0.39 is 0 Å². The molecule has 2 aliphatic heterocycles. The fraction of sp³-hybridized carbons (Fsp3) is 0.391. The summed E-state index contributed by atoms with van der Waals surface area (Å²) in [4.78, 5) is 7.48. The van der Waals surface area contributed by atoms with Crippen LogP contribution in [0.25, 0.3) is 22.2 Å². The molecule has 3 aromatic rings. The summed E-state index contributed by atoms with van der Waals surface area (Å²) in [6.45, 7) is 6.65. The van der Waals surface area contributed by atoms with Crippen LogP contribution >= 0.6 is 11.9 Å². The van der Waals surface area contributed by atoms with Crippen molar-refractivity contribution in [3.8, 4) is 11.3 Å². The average molecular weight is 393 g/mol. The van der Waals surface area contributed by atoms with Crippen LogP contribution in [0.5, 0.6) is 0 Å². The molecule has 0 saturated carbocycles. The smallest absolute Gasteiger partial charge is 0.0486 e. The number of benzene rings is 2. The molecular formula is C23H28N4S. The molecule has 2 aromatic carbocycles. The van der Waals surface area contributed by atoms with Crippen LogP contribution in [0.4, 0.5) is 5.69 Å². The van der Waals surface area contributed by atoms with Gasteiger partial charge in [0.1, 0.15) is 0 Å². The normalized spacial score (nSPS) is 21.2. The van der Waals surface area contributed by atoms with Crippen molar-refractivity contribution in [3.63, 3.8) is 0 Å². The van der Waals surface area contributed by atoms with Gasteiger partial charge in [-0.25, -0.2) is 4.31 Å². The van der Waals surface area contributed by atoms with Gasteiger partial charge in [-0.15, -0.1) is 0 Å². The van der Waals surface area contributed by atoms with Crippen molar-refractivity contribution in [3.05, 3.63) is 48.5 Å². The molecule has 28 heavy (non-hydrogen) atoms. The van der Waals surface area contributed by atoms with Gasteiger partial charge in [0.25, 0.3) is 0 Å². The first-order valence-corrected chi connectivity index (χ1v) is 11.1. The predicted octanol–water partition coefficient (Wildman–Crippen LogP) is 4.72. The van der Waals surface area contributed by atoms with Crippen LogP contribution in [0.15, 0.2) is 53.4 Å². The minimum atomic E-state index is 0.253. The number of nitrogens with zero attached hydrogens (tertiary/aromatic N) is 2. The van der Waals surface area contributed by atoms with E-state index >= 15 is 0 Å². The van der Waals surface area contributed by atoms with Crippen molar-refractivity contribution in [1.29, 1.82) is 0 Å². The third-order valence-electron chi connectivity index (χ3n) is 6.15. The molecular weight excluding hydrogens is 364 g/mol. The third kappa shape index (κ3) is 3.43. The fourth-order valence-corrected chi connectivity index (χ4v) is 5.28. The highest BCUT2D eigenvalue weighted by Gasteiger charge is 2.27. The van der Waals surface area contributed by atoms with Crippen molar-refractivity contribution in [2.45, 2.75) is 30.7 Å². The molecule has 1 aromatic heterocycles. The Labute approximate surface area is 171 Å². The van der Waals surface area contributed by atoms with Gasteiger partial charge in [0.2, 0.25) is 0 Å². The molecule has 5 heteroatoms. The molecule has 2 aliphatic rings. The minimum absolute atomic E-state index is 0.253. The van der Waals surface area contributed by atoms with E-state index in [1.54, 1.807) is 0 Å². The van der Waals surface area contributed by atoms with E-state index in [1.807, 2.05) is 11.9 Å². The largest absolute Gasteiger partial charge is 0.371 e. The molecule has 0 bridgehead atoms. The Kier molecular flexibility index (Phi) is 4.83. The lowest BCUT2D eigenvalue weighted by Crippen LogP contribution is -2.30. The molecule has 5 rings (SSSR count). The molecule has 3 N–H and O–H groups in total. The van der Waals surface area contributed by atoms with Gasteiger partial charge >= 0.3 is 0 Å². The van der Waals surface area contributed by atoms with Crippen LogP contribution in [0.2, 0.25) is 0 Å². The number of rotatable bonds is 5. The van der Waals surface area contributed by atoms with Gasteiger partial charge in [-0.3, -0.25) is 0 Å². The number of nitrogens with two attached hydrogens (primary N) is 1. The van der Waals surface area contributed by atoms with Gasteiger partial charge in [0, 0.05) is 65.0 Å². The second kappa shape index (κ2) is 7.47. The van der Waals surface area contributed by atoms with Gasteiger partial charge in [-0.1, -0.05) is 18.2 Å². The van der Waals surface area contributed by atoms with Crippen molar-refractivity contribution in [1.82, 2.24) is 9.29 Å². The van der Waals surface area contributed by atoms with E-state index in [-0.39, 0.29) is 6.04 Å². The monoisotopic (exact) mass is 392 g/mol. The van der Waals surface area contributed by atoms with Crippen LogP contribution < -0.4 is 10.6 Å². The average Bonchev–Trinajstić information content (AvgIpc) is 3.31. The lowest BCUT2D eigenvalue weighted by Gasteiger charge is -2.29. The topological polar surface area (TPSA) is 48.3 Å². The molecule has 146 valence electrons. The van der Waals surface area contributed by atoms with E-state index in [9.17, 15) is 0 Å². The summed E-state index contributed by atoms with van der Waals surface area (Å²) in [5.74, 6) is 0.575. The summed E-state index contributed by atoms with van der Waals surface area (Å²) in [6, 6.07) is 18.0. The third-order valence-corrected chi connectivity index (χ3v) is 7.23. The maximum absolute atomic E-state index is 6.20. The second-order valence-corrected chi connectivity index (χ2v) is 9.35. The lowest BCUT2D eigenvalue weighted by molar-refractivity contribution is 0.344. The number of aromatic amines is 1. The molecule has 3 heterocycles. The van der Waals surface area contributed by atoms with Crippen LogP contribution in [0.1, 0.15) is 19.8 Å². The summed E-state index contributed by atoms with van der Waals surface area (Å²) < 4.78 is 2.44. The number of hydrogen-bond donors (Lipinski definition) is 2. The molecule has 2 unspecified atom stereocenters. The van der Waals surface area contributed by atoms with Crippen molar-refractivity contribution < 1.29 is 0 Å². The Morgan fingerprint density at radius 2 is 1.96 bits per heavy atom. The zero-order valence-electron chi connectivity index (χ0n) is 16.4.